The summed E-state index contributed by atoms with van der Waals surface area (Å²) < 4.78 is 2.23. The van der Waals surface area contributed by atoms with E-state index in [1.807, 2.05) is 12.5 Å². The van der Waals surface area contributed by atoms with E-state index in [4.69, 9.17) is 0 Å². The van der Waals surface area contributed by atoms with Crippen molar-refractivity contribution in [1.82, 2.24) is 19.8 Å². The Kier molecular flexibility index (Phi) is 4.78. The molecular formula is C14H26N4. The summed E-state index contributed by atoms with van der Waals surface area (Å²) in [5.74, 6) is 0. The third kappa shape index (κ3) is 3.33. The third-order valence-corrected chi connectivity index (χ3v) is 3.85. The van der Waals surface area contributed by atoms with E-state index in [1.54, 1.807) is 0 Å². The second-order valence-corrected chi connectivity index (χ2v) is 5.49. The second-order valence-electron chi connectivity index (χ2n) is 5.49. The number of imidazole rings is 1. The SMILES string of the molecule is CCn1cncc1CN(CC1CCCN1)C(C)C. The van der Waals surface area contributed by atoms with Crippen LogP contribution >= 0.6 is 0 Å². The quantitative estimate of drug-likeness (QED) is 0.836. The number of hydrogen-bond acceptors (Lipinski definition) is 3. The molecule has 1 N–H and O–H groups in total. The van der Waals surface area contributed by atoms with Crippen molar-refractivity contribution in [3.8, 4) is 0 Å². The van der Waals surface area contributed by atoms with E-state index < -0.39 is 0 Å². The fourth-order valence-corrected chi connectivity index (χ4v) is 2.63. The maximum Gasteiger partial charge on any atom is 0.0948 e. The minimum atomic E-state index is 0.576. The van der Waals surface area contributed by atoms with Crippen molar-refractivity contribution in [3.05, 3.63) is 18.2 Å². The molecule has 0 aromatic carbocycles. The summed E-state index contributed by atoms with van der Waals surface area (Å²) in [6, 6.07) is 1.25. The summed E-state index contributed by atoms with van der Waals surface area (Å²) in [7, 11) is 0. The van der Waals surface area contributed by atoms with Gasteiger partial charge in [0.25, 0.3) is 0 Å². The van der Waals surface area contributed by atoms with Gasteiger partial charge >= 0.3 is 0 Å². The highest BCUT2D eigenvalue weighted by Crippen LogP contribution is 2.13. The van der Waals surface area contributed by atoms with Gasteiger partial charge in [-0.05, 0) is 40.2 Å². The number of nitrogens with zero attached hydrogens (tertiary/aromatic N) is 3. The Balaban J connectivity index is 1.97. The molecule has 0 bridgehead atoms. The standard InChI is InChI=1S/C14H26N4/c1-4-17-11-15-8-14(17)10-18(12(2)3)9-13-6-5-7-16-13/h8,11-13,16H,4-7,9-10H2,1-3H3. The highest BCUT2D eigenvalue weighted by Gasteiger charge is 2.20. The van der Waals surface area contributed by atoms with Crippen molar-refractivity contribution in [1.29, 1.82) is 0 Å². The molecule has 1 unspecified atom stereocenters. The highest BCUT2D eigenvalue weighted by atomic mass is 15.2. The van der Waals surface area contributed by atoms with Gasteiger partial charge in [0.05, 0.1) is 12.0 Å². The van der Waals surface area contributed by atoms with E-state index in [0.717, 1.165) is 19.6 Å². The number of aromatic nitrogens is 2. The van der Waals surface area contributed by atoms with Gasteiger partial charge in [0.15, 0.2) is 0 Å². The molecule has 1 fully saturated rings. The van der Waals surface area contributed by atoms with E-state index in [2.05, 4.69) is 40.5 Å². The van der Waals surface area contributed by atoms with Crippen LogP contribution in [0.1, 0.15) is 39.3 Å². The maximum atomic E-state index is 4.26. The Morgan fingerprint density at radius 1 is 1.56 bits per heavy atom. The molecule has 18 heavy (non-hydrogen) atoms. The first-order valence-electron chi connectivity index (χ1n) is 7.17. The molecule has 2 heterocycles. The predicted molar refractivity (Wildman–Crippen MR) is 74.5 cm³/mol. The molecule has 1 aromatic rings. The van der Waals surface area contributed by atoms with Crippen LogP contribution in [0.15, 0.2) is 12.5 Å². The topological polar surface area (TPSA) is 33.1 Å². The zero-order valence-corrected chi connectivity index (χ0v) is 11.9. The van der Waals surface area contributed by atoms with Crippen LogP contribution in [0.2, 0.25) is 0 Å². The number of hydrogen-bond donors (Lipinski definition) is 1. The average molecular weight is 250 g/mol. The van der Waals surface area contributed by atoms with Gasteiger partial charge in [-0.15, -0.1) is 0 Å². The summed E-state index contributed by atoms with van der Waals surface area (Å²) in [5, 5.41) is 3.59. The van der Waals surface area contributed by atoms with Crippen LogP contribution in [-0.2, 0) is 13.1 Å². The molecular weight excluding hydrogens is 224 g/mol. The minimum absolute atomic E-state index is 0.576. The Labute approximate surface area is 110 Å². The van der Waals surface area contributed by atoms with Gasteiger partial charge in [-0.3, -0.25) is 4.90 Å². The number of rotatable bonds is 6. The molecule has 0 saturated carbocycles. The molecule has 0 spiro atoms. The Morgan fingerprint density at radius 3 is 3.00 bits per heavy atom. The van der Waals surface area contributed by atoms with Gasteiger partial charge in [-0.25, -0.2) is 4.98 Å². The van der Waals surface area contributed by atoms with Gasteiger partial charge in [-0.1, -0.05) is 0 Å². The molecule has 0 amide bonds. The Morgan fingerprint density at radius 2 is 2.39 bits per heavy atom. The highest BCUT2D eigenvalue weighted by molar-refractivity contribution is 4.99. The molecule has 0 radical (unpaired) electrons. The van der Waals surface area contributed by atoms with E-state index in [9.17, 15) is 0 Å². The maximum absolute atomic E-state index is 4.26. The summed E-state index contributed by atoms with van der Waals surface area (Å²) >= 11 is 0. The predicted octanol–water partition coefficient (Wildman–Crippen LogP) is 1.87. The zero-order chi connectivity index (χ0) is 13.0. The molecule has 4 heteroatoms. The third-order valence-electron chi connectivity index (χ3n) is 3.85. The Hall–Kier alpha value is -0.870. The fourth-order valence-electron chi connectivity index (χ4n) is 2.63. The van der Waals surface area contributed by atoms with Crippen molar-refractivity contribution in [2.24, 2.45) is 0 Å². The normalized spacial score (nSPS) is 20.2. The molecule has 1 aromatic heterocycles. The van der Waals surface area contributed by atoms with Crippen LogP contribution in [-0.4, -0.2) is 39.6 Å². The van der Waals surface area contributed by atoms with Crippen LogP contribution in [0.25, 0.3) is 0 Å². The Bertz CT molecular complexity index is 352. The molecule has 1 aliphatic heterocycles. The van der Waals surface area contributed by atoms with E-state index in [1.165, 1.54) is 25.1 Å². The molecule has 1 saturated heterocycles. The molecule has 102 valence electrons. The van der Waals surface area contributed by atoms with Crippen LogP contribution < -0.4 is 5.32 Å². The van der Waals surface area contributed by atoms with Crippen molar-refractivity contribution < 1.29 is 0 Å². The fraction of sp³-hybridized carbons (Fsp3) is 0.786. The van der Waals surface area contributed by atoms with Crippen LogP contribution in [0.3, 0.4) is 0 Å². The lowest BCUT2D eigenvalue weighted by molar-refractivity contribution is 0.189. The van der Waals surface area contributed by atoms with Crippen molar-refractivity contribution in [3.63, 3.8) is 0 Å². The van der Waals surface area contributed by atoms with E-state index in [-0.39, 0.29) is 0 Å². The van der Waals surface area contributed by atoms with Crippen molar-refractivity contribution >= 4 is 0 Å². The largest absolute Gasteiger partial charge is 0.334 e. The van der Waals surface area contributed by atoms with Crippen LogP contribution in [0, 0.1) is 0 Å². The lowest BCUT2D eigenvalue weighted by Crippen LogP contribution is -2.41. The average Bonchev–Trinajstić information content (AvgIpc) is 2.98. The zero-order valence-electron chi connectivity index (χ0n) is 11.9. The molecule has 1 aliphatic rings. The van der Waals surface area contributed by atoms with E-state index in [0.29, 0.717) is 12.1 Å². The summed E-state index contributed by atoms with van der Waals surface area (Å²) in [6.45, 7) is 11.1. The number of aryl methyl sites for hydroxylation is 1. The van der Waals surface area contributed by atoms with E-state index >= 15 is 0 Å². The van der Waals surface area contributed by atoms with Crippen LogP contribution in [0.4, 0.5) is 0 Å². The minimum Gasteiger partial charge on any atom is -0.334 e. The van der Waals surface area contributed by atoms with Gasteiger partial charge < -0.3 is 9.88 Å². The first-order chi connectivity index (χ1) is 8.70. The summed E-state index contributed by atoms with van der Waals surface area (Å²) in [6.07, 6.45) is 6.57. The summed E-state index contributed by atoms with van der Waals surface area (Å²) in [4.78, 5) is 6.81. The van der Waals surface area contributed by atoms with Crippen molar-refractivity contribution in [2.75, 3.05) is 13.1 Å². The van der Waals surface area contributed by atoms with Gasteiger partial charge in [0, 0.05) is 37.9 Å². The lowest BCUT2D eigenvalue weighted by atomic mass is 10.2. The summed E-state index contributed by atoms with van der Waals surface area (Å²) in [5.41, 5.74) is 1.32. The van der Waals surface area contributed by atoms with Gasteiger partial charge in [-0.2, -0.15) is 0 Å². The molecule has 4 nitrogen and oxygen atoms in total. The van der Waals surface area contributed by atoms with Gasteiger partial charge in [0.1, 0.15) is 0 Å². The van der Waals surface area contributed by atoms with Crippen LogP contribution in [0.5, 0.6) is 0 Å². The lowest BCUT2D eigenvalue weighted by Gasteiger charge is -2.29. The van der Waals surface area contributed by atoms with Gasteiger partial charge in [0.2, 0.25) is 0 Å². The first kappa shape index (κ1) is 13.6. The molecule has 1 atom stereocenters. The second kappa shape index (κ2) is 6.34. The monoisotopic (exact) mass is 250 g/mol. The molecule has 2 rings (SSSR count). The number of nitrogens with one attached hydrogen (secondary N) is 1. The molecule has 0 aliphatic carbocycles. The van der Waals surface area contributed by atoms with Crippen molar-refractivity contribution in [2.45, 2.75) is 58.8 Å². The first-order valence-corrected chi connectivity index (χ1v) is 7.17. The smallest absolute Gasteiger partial charge is 0.0948 e.